The lowest BCUT2D eigenvalue weighted by atomic mass is 10.1. The van der Waals surface area contributed by atoms with E-state index in [1.807, 2.05) is 22.9 Å². The van der Waals surface area contributed by atoms with Crippen LogP contribution in [0.4, 0.5) is 8.78 Å². The van der Waals surface area contributed by atoms with Crippen LogP contribution in [0, 0.1) is 0 Å². The standard InChI is InChI=1S/C10H9BrF2O/c1-2-7-4-3-5-8(6-7)9(14)10(11,12)13/h3-6H,2H2,1H3. The first-order valence-corrected chi connectivity index (χ1v) is 4.95. The molecule has 0 radical (unpaired) electrons. The molecule has 1 nitrogen and oxygen atoms in total. The number of Topliss-reactive ketones (excluding diaryl/α,β-unsaturated/α-hetero) is 1. The van der Waals surface area contributed by atoms with Crippen molar-refractivity contribution in [2.45, 2.75) is 18.2 Å². The smallest absolute Gasteiger partial charge is 0.286 e. The molecule has 76 valence electrons. The van der Waals surface area contributed by atoms with Crippen molar-refractivity contribution >= 4 is 21.7 Å². The summed E-state index contributed by atoms with van der Waals surface area (Å²) >= 11 is 2.04. The van der Waals surface area contributed by atoms with E-state index in [-0.39, 0.29) is 5.56 Å². The van der Waals surface area contributed by atoms with Gasteiger partial charge in [-0.1, -0.05) is 25.1 Å². The van der Waals surface area contributed by atoms with Gasteiger partial charge in [0.05, 0.1) is 0 Å². The van der Waals surface area contributed by atoms with Crippen molar-refractivity contribution in [3.05, 3.63) is 35.4 Å². The number of carbonyl (C=O) groups is 1. The summed E-state index contributed by atoms with van der Waals surface area (Å²) in [6.45, 7) is 1.90. The van der Waals surface area contributed by atoms with Crippen LogP contribution in [0.2, 0.25) is 0 Å². The van der Waals surface area contributed by atoms with Crippen LogP contribution in [0.25, 0.3) is 0 Å². The molecule has 0 N–H and O–H groups in total. The first-order valence-electron chi connectivity index (χ1n) is 4.15. The normalized spacial score (nSPS) is 11.4. The molecule has 0 heterocycles. The first-order chi connectivity index (χ1) is 6.45. The highest BCUT2D eigenvalue weighted by Gasteiger charge is 2.35. The molecule has 0 fully saturated rings. The molecule has 0 spiro atoms. The number of halogens is 3. The molecule has 0 saturated heterocycles. The van der Waals surface area contributed by atoms with Crippen molar-refractivity contribution in [1.82, 2.24) is 0 Å². The second kappa shape index (κ2) is 4.17. The monoisotopic (exact) mass is 262 g/mol. The van der Waals surface area contributed by atoms with Crippen LogP contribution in [-0.4, -0.2) is 10.6 Å². The lowest BCUT2D eigenvalue weighted by Crippen LogP contribution is -2.20. The minimum atomic E-state index is -3.47. The van der Waals surface area contributed by atoms with E-state index in [2.05, 4.69) is 0 Å². The maximum absolute atomic E-state index is 12.6. The molecule has 0 aliphatic heterocycles. The summed E-state index contributed by atoms with van der Waals surface area (Å²) in [6.07, 6.45) is 0.717. The predicted octanol–water partition coefficient (Wildman–Crippen LogP) is 3.42. The van der Waals surface area contributed by atoms with Gasteiger partial charge in [-0.2, -0.15) is 8.78 Å². The van der Waals surface area contributed by atoms with Gasteiger partial charge in [-0.25, -0.2) is 0 Å². The van der Waals surface area contributed by atoms with E-state index in [1.165, 1.54) is 12.1 Å². The molecule has 0 saturated carbocycles. The number of ketones is 1. The van der Waals surface area contributed by atoms with Crippen LogP contribution in [0.3, 0.4) is 0 Å². The molecule has 0 aliphatic carbocycles. The van der Waals surface area contributed by atoms with E-state index in [9.17, 15) is 13.6 Å². The van der Waals surface area contributed by atoms with Crippen LogP contribution >= 0.6 is 15.9 Å². The molecule has 0 atom stereocenters. The van der Waals surface area contributed by atoms with E-state index >= 15 is 0 Å². The van der Waals surface area contributed by atoms with Crippen molar-refractivity contribution in [2.24, 2.45) is 0 Å². The van der Waals surface area contributed by atoms with Gasteiger partial charge in [-0.05, 0) is 34.0 Å². The Hall–Kier alpha value is -0.770. The van der Waals surface area contributed by atoms with Crippen LogP contribution in [-0.2, 0) is 6.42 Å². The third kappa shape index (κ3) is 2.61. The fourth-order valence-corrected chi connectivity index (χ4v) is 1.33. The highest BCUT2D eigenvalue weighted by molar-refractivity contribution is 9.10. The van der Waals surface area contributed by atoms with E-state index in [0.29, 0.717) is 0 Å². The summed E-state index contributed by atoms with van der Waals surface area (Å²) in [6, 6.07) is 6.27. The van der Waals surface area contributed by atoms with Crippen molar-refractivity contribution in [1.29, 1.82) is 0 Å². The number of aryl methyl sites for hydroxylation is 1. The van der Waals surface area contributed by atoms with Gasteiger partial charge in [0.15, 0.2) is 0 Å². The maximum Gasteiger partial charge on any atom is 0.363 e. The minimum Gasteiger partial charge on any atom is -0.286 e. The number of benzene rings is 1. The zero-order valence-electron chi connectivity index (χ0n) is 7.56. The molecule has 1 aromatic carbocycles. The molecular weight excluding hydrogens is 254 g/mol. The highest BCUT2D eigenvalue weighted by Crippen LogP contribution is 2.26. The summed E-state index contributed by atoms with van der Waals surface area (Å²) in [5.41, 5.74) is 0.902. The zero-order chi connectivity index (χ0) is 10.8. The van der Waals surface area contributed by atoms with E-state index in [4.69, 9.17) is 0 Å². The number of hydrogen-bond donors (Lipinski definition) is 0. The summed E-state index contributed by atoms with van der Waals surface area (Å²) in [5, 5.41) is 0. The zero-order valence-corrected chi connectivity index (χ0v) is 9.14. The molecule has 0 amide bonds. The maximum atomic E-state index is 12.6. The summed E-state index contributed by atoms with van der Waals surface area (Å²) in [4.78, 5) is 7.66. The predicted molar refractivity (Wildman–Crippen MR) is 54.0 cm³/mol. The number of hydrogen-bond acceptors (Lipinski definition) is 1. The number of rotatable bonds is 3. The second-order valence-corrected chi connectivity index (χ2v) is 3.88. The van der Waals surface area contributed by atoms with Gasteiger partial charge in [0.1, 0.15) is 0 Å². The molecule has 0 unspecified atom stereocenters. The Morgan fingerprint density at radius 2 is 2.14 bits per heavy atom. The molecule has 0 aliphatic rings. The van der Waals surface area contributed by atoms with Gasteiger partial charge in [0.2, 0.25) is 5.78 Å². The fourth-order valence-electron chi connectivity index (χ4n) is 1.10. The Morgan fingerprint density at radius 1 is 1.50 bits per heavy atom. The molecule has 1 rings (SSSR count). The largest absolute Gasteiger partial charge is 0.363 e. The summed E-state index contributed by atoms with van der Waals surface area (Å²) in [5.74, 6) is -1.20. The topological polar surface area (TPSA) is 17.1 Å². The van der Waals surface area contributed by atoms with Gasteiger partial charge in [0.25, 0.3) is 0 Å². The first kappa shape index (κ1) is 11.3. The Balaban J connectivity index is 3.02. The van der Waals surface area contributed by atoms with Gasteiger partial charge in [0, 0.05) is 5.56 Å². The average molecular weight is 263 g/mol. The number of alkyl halides is 3. The highest BCUT2D eigenvalue weighted by atomic mass is 79.9. The van der Waals surface area contributed by atoms with E-state index in [1.54, 1.807) is 12.1 Å². The Kier molecular flexibility index (Phi) is 3.37. The Bertz CT molecular complexity index is 344. The second-order valence-electron chi connectivity index (χ2n) is 2.88. The van der Waals surface area contributed by atoms with Crippen LogP contribution in [0.5, 0.6) is 0 Å². The van der Waals surface area contributed by atoms with Crippen molar-refractivity contribution in [2.75, 3.05) is 0 Å². The van der Waals surface area contributed by atoms with Crippen molar-refractivity contribution < 1.29 is 13.6 Å². The van der Waals surface area contributed by atoms with Crippen molar-refractivity contribution in [3.63, 3.8) is 0 Å². The minimum absolute atomic E-state index is 0.0335. The third-order valence-electron chi connectivity index (χ3n) is 1.85. The molecule has 1 aromatic rings. The lowest BCUT2D eigenvalue weighted by molar-refractivity contribution is 0.0592. The van der Waals surface area contributed by atoms with Crippen molar-refractivity contribution in [3.8, 4) is 0 Å². The number of carbonyl (C=O) groups excluding carboxylic acids is 1. The van der Waals surface area contributed by atoms with Gasteiger partial charge in [-0.3, -0.25) is 4.79 Å². The Labute approximate surface area is 89.3 Å². The van der Waals surface area contributed by atoms with E-state index in [0.717, 1.165) is 12.0 Å². The summed E-state index contributed by atoms with van der Waals surface area (Å²) in [7, 11) is 0. The fraction of sp³-hybridized carbons (Fsp3) is 0.300. The molecule has 4 heteroatoms. The molecule has 14 heavy (non-hydrogen) atoms. The molecule has 0 aromatic heterocycles. The van der Waals surface area contributed by atoms with Gasteiger partial charge < -0.3 is 0 Å². The molecular formula is C10H9BrF2O. The SMILES string of the molecule is CCc1cccc(C(=O)C(F)(F)Br)c1. The van der Waals surface area contributed by atoms with Crippen LogP contribution in [0.1, 0.15) is 22.8 Å². The van der Waals surface area contributed by atoms with Gasteiger partial charge in [-0.15, -0.1) is 0 Å². The quantitative estimate of drug-likeness (QED) is 0.603. The third-order valence-corrected chi connectivity index (χ3v) is 2.22. The average Bonchev–Trinajstić information content (AvgIpc) is 2.15. The Morgan fingerprint density at radius 3 is 2.64 bits per heavy atom. The lowest BCUT2D eigenvalue weighted by Gasteiger charge is -2.07. The van der Waals surface area contributed by atoms with E-state index < -0.39 is 10.6 Å². The van der Waals surface area contributed by atoms with Crippen LogP contribution in [0.15, 0.2) is 24.3 Å². The van der Waals surface area contributed by atoms with Crippen LogP contribution < -0.4 is 0 Å². The summed E-state index contributed by atoms with van der Waals surface area (Å²) < 4.78 is 25.2. The molecule has 0 bridgehead atoms. The van der Waals surface area contributed by atoms with Gasteiger partial charge >= 0.3 is 4.83 Å².